The van der Waals surface area contributed by atoms with Gasteiger partial charge in [0, 0.05) is 5.56 Å². The van der Waals surface area contributed by atoms with Gasteiger partial charge in [0.15, 0.2) is 0 Å². The molecule has 0 aliphatic heterocycles. The van der Waals surface area contributed by atoms with Crippen LogP contribution >= 0.6 is 0 Å². The molecule has 0 amide bonds. The lowest BCUT2D eigenvalue weighted by molar-refractivity contribution is 0.598. The molecule has 0 spiro atoms. The maximum atomic E-state index is 11.0. The lowest BCUT2D eigenvalue weighted by Crippen LogP contribution is -2.11. The molecule has 0 bridgehead atoms. The highest BCUT2D eigenvalue weighted by Crippen LogP contribution is 2.08. The van der Waals surface area contributed by atoms with Crippen molar-refractivity contribution < 1.29 is 8.42 Å². The number of nitrogens with zero attached hydrogens (tertiary/aromatic N) is 1. The van der Waals surface area contributed by atoms with Gasteiger partial charge in [0.25, 0.3) is 0 Å². The fourth-order valence-corrected chi connectivity index (χ4v) is 1.50. The van der Waals surface area contributed by atoms with E-state index < -0.39 is 10.0 Å². The molecule has 76 valence electrons. The van der Waals surface area contributed by atoms with E-state index in [1.807, 2.05) is 6.07 Å². The molecule has 15 heavy (non-hydrogen) atoms. The van der Waals surface area contributed by atoms with Crippen LogP contribution in [-0.4, -0.2) is 8.42 Å². The molecule has 0 radical (unpaired) electrons. The molecular formula is C10H8N2O2S. The zero-order valence-electron chi connectivity index (χ0n) is 7.77. The van der Waals surface area contributed by atoms with Gasteiger partial charge in [-0.2, -0.15) is 5.26 Å². The third-order valence-corrected chi connectivity index (χ3v) is 2.47. The number of nitrogens with two attached hydrogens (primary N) is 1. The molecule has 0 aromatic heterocycles. The van der Waals surface area contributed by atoms with E-state index in [9.17, 15) is 8.42 Å². The number of primary sulfonamides is 1. The second-order valence-corrected chi connectivity index (χ2v) is 4.27. The van der Waals surface area contributed by atoms with Crippen molar-refractivity contribution in [1.82, 2.24) is 0 Å². The Bertz CT molecular complexity index is 559. The number of rotatable bonds is 1. The van der Waals surface area contributed by atoms with Gasteiger partial charge in [-0.25, -0.2) is 13.6 Å². The molecule has 0 saturated carbocycles. The SMILES string of the molecule is N#CCC#Cc1cccc(S(N)(=O)=O)c1. The van der Waals surface area contributed by atoms with E-state index in [0.29, 0.717) is 5.56 Å². The predicted octanol–water partition coefficient (Wildman–Crippen LogP) is 0.599. The molecule has 1 rings (SSSR count). The lowest BCUT2D eigenvalue weighted by atomic mass is 10.2. The molecule has 0 fully saturated rings. The van der Waals surface area contributed by atoms with Crippen molar-refractivity contribution in [2.45, 2.75) is 11.3 Å². The third kappa shape index (κ3) is 3.43. The van der Waals surface area contributed by atoms with Crippen LogP contribution in [0.4, 0.5) is 0 Å². The molecule has 0 unspecified atom stereocenters. The van der Waals surface area contributed by atoms with Gasteiger partial charge in [-0.05, 0) is 18.2 Å². The Labute approximate surface area is 88.4 Å². The molecule has 4 nitrogen and oxygen atoms in total. The summed E-state index contributed by atoms with van der Waals surface area (Å²) in [6.45, 7) is 0. The maximum Gasteiger partial charge on any atom is 0.238 e. The van der Waals surface area contributed by atoms with Crippen molar-refractivity contribution in [1.29, 1.82) is 5.26 Å². The largest absolute Gasteiger partial charge is 0.238 e. The van der Waals surface area contributed by atoms with Crippen LogP contribution in [0.5, 0.6) is 0 Å². The summed E-state index contributed by atoms with van der Waals surface area (Å²) in [5, 5.41) is 13.2. The van der Waals surface area contributed by atoms with Crippen molar-refractivity contribution in [3.63, 3.8) is 0 Å². The van der Waals surface area contributed by atoms with E-state index in [1.165, 1.54) is 12.1 Å². The van der Waals surface area contributed by atoms with Crippen molar-refractivity contribution in [2.75, 3.05) is 0 Å². The van der Waals surface area contributed by atoms with Crippen molar-refractivity contribution >= 4 is 10.0 Å². The highest BCUT2D eigenvalue weighted by Gasteiger charge is 2.06. The second-order valence-electron chi connectivity index (χ2n) is 2.71. The Morgan fingerprint density at radius 2 is 2.13 bits per heavy atom. The first-order valence-electron chi connectivity index (χ1n) is 4.03. The van der Waals surface area contributed by atoms with Gasteiger partial charge < -0.3 is 0 Å². The van der Waals surface area contributed by atoms with E-state index in [0.717, 1.165) is 0 Å². The highest BCUT2D eigenvalue weighted by atomic mass is 32.2. The topological polar surface area (TPSA) is 83.9 Å². The lowest BCUT2D eigenvalue weighted by Gasteiger charge is -1.97. The monoisotopic (exact) mass is 220 g/mol. The molecule has 1 aromatic carbocycles. The van der Waals surface area contributed by atoms with Crippen LogP contribution in [0.15, 0.2) is 29.2 Å². The first kappa shape index (κ1) is 11.3. The Hall–Kier alpha value is -1.82. The Balaban J connectivity index is 3.07. The zero-order valence-corrected chi connectivity index (χ0v) is 8.58. The average Bonchev–Trinajstić information content (AvgIpc) is 2.17. The molecule has 1 aromatic rings. The molecule has 0 heterocycles. The van der Waals surface area contributed by atoms with Crippen LogP contribution in [0.25, 0.3) is 0 Å². The number of hydrogen-bond donors (Lipinski definition) is 1. The van der Waals surface area contributed by atoms with Crippen molar-refractivity contribution in [2.24, 2.45) is 5.14 Å². The normalized spacial score (nSPS) is 9.87. The average molecular weight is 220 g/mol. The van der Waals surface area contributed by atoms with E-state index in [1.54, 1.807) is 12.1 Å². The fourth-order valence-electron chi connectivity index (χ4n) is 0.937. The van der Waals surface area contributed by atoms with Crippen LogP contribution < -0.4 is 5.14 Å². The van der Waals surface area contributed by atoms with Gasteiger partial charge in [-0.3, -0.25) is 0 Å². The van der Waals surface area contributed by atoms with Crippen LogP contribution in [0.2, 0.25) is 0 Å². The van der Waals surface area contributed by atoms with Gasteiger partial charge in [-0.1, -0.05) is 17.9 Å². The number of hydrogen-bond acceptors (Lipinski definition) is 3. The van der Waals surface area contributed by atoms with Crippen molar-refractivity contribution in [3.05, 3.63) is 29.8 Å². The number of benzene rings is 1. The quantitative estimate of drug-likeness (QED) is 0.703. The minimum absolute atomic E-state index is 0.0197. The smallest absolute Gasteiger partial charge is 0.225 e. The Kier molecular flexibility index (Phi) is 3.46. The number of nitriles is 1. The van der Waals surface area contributed by atoms with E-state index in [-0.39, 0.29) is 11.3 Å². The third-order valence-electron chi connectivity index (χ3n) is 1.56. The molecule has 0 saturated heterocycles. The van der Waals surface area contributed by atoms with Gasteiger partial charge in [0.2, 0.25) is 10.0 Å². The fraction of sp³-hybridized carbons (Fsp3) is 0.100. The predicted molar refractivity (Wildman–Crippen MR) is 54.9 cm³/mol. The first-order valence-corrected chi connectivity index (χ1v) is 5.57. The summed E-state index contributed by atoms with van der Waals surface area (Å²) >= 11 is 0. The number of sulfonamides is 1. The van der Waals surface area contributed by atoms with Crippen LogP contribution in [0, 0.1) is 23.2 Å². The summed E-state index contributed by atoms with van der Waals surface area (Å²) in [4.78, 5) is 0.0197. The molecular weight excluding hydrogens is 212 g/mol. The standard InChI is InChI=1S/C10H8N2O2S/c11-7-2-1-4-9-5-3-6-10(8-9)15(12,13)14/h3,5-6,8H,2H2,(H2,12,13,14). The molecule has 5 heteroatoms. The van der Waals surface area contributed by atoms with Gasteiger partial charge in [0.1, 0.15) is 0 Å². The van der Waals surface area contributed by atoms with Crippen molar-refractivity contribution in [3.8, 4) is 17.9 Å². The van der Waals surface area contributed by atoms with Crippen LogP contribution in [0.3, 0.4) is 0 Å². The maximum absolute atomic E-state index is 11.0. The summed E-state index contributed by atoms with van der Waals surface area (Å²) in [6, 6.07) is 7.84. The Morgan fingerprint density at radius 3 is 2.73 bits per heavy atom. The summed E-state index contributed by atoms with van der Waals surface area (Å²) in [6.07, 6.45) is 0.111. The van der Waals surface area contributed by atoms with E-state index >= 15 is 0 Å². The Morgan fingerprint density at radius 1 is 1.40 bits per heavy atom. The summed E-state index contributed by atoms with van der Waals surface area (Å²) < 4.78 is 22.0. The summed E-state index contributed by atoms with van der Waals surface area (Å²) in [5.41, 5.74) is 0.525. The minimum atomic E-state index is -3.69. The zero-order chi connectivity index (χ0) is 11.3. The minimum Gasteiger partial charge on any atom is -0.225 e. The van der Waals surface area contributed by atoms with Gasteiger partial charge in [0.05, 0.1) is 17.4 Å². The van der Waals surface area contributed by atoms with Crippen LogP contribution in [0.1, 0.15) is 12.0 Å². The molecule has 0 atom stereocenters. The van der Waals surface area contributed by atoms with Gasteiger partial charge in [-0.15, -0.1) is 0 Å². The van der Waals surface area contributed by atoms with Gasteiger partial charge >= 0.3 is 0 Å². The van der Waals surface area contributed by atoms with Crippen LogP contribution in [-0.2, 0) is 10.0 Å². The summed E-state index contributed by atoms with van der Waals surface area (Å²) in [7, 11) is -3.69. The molecule has 0 aliphatic carbocycles. The molecule has 0 aliphatic rings. The highest BCUT2D eigenvalue weighted by molar-refractivity contribution is 7.89. The second kappa shape index (κ2) is 4.61. The first-order chi connectivity index (χ1) is 7.04. The molecule has 2 N–H and O–H groups in total. The summed E-state index contributed by atoms with van der Waals surface area (Å²) in [5.74, 6) is 5.25. The van der Waals surface area contributed by atoms with E-state index in [2.05, 4.69) is 11.8 Å². The van der Waals surface area contributed by atoms with E-state index in [4.69, 9.17) is 10.4 Å².